The molecule has 2 amide bonds. The van der Waals surface area contributed by atoms with Crippen LogP contribution < -0.4 is 5.32 Å². The number of nitrogens with one attached hydrogen (secondary N) is 1. The number of aryl methyl sites for hydroxylation is 1. The molecule has 0 saturated carbocycles. The van der Waals surface area contributed by atoms with E-state index < -0.39 is 0 Å². The van der Waals surface area contributed by atoms with E-state index in [0.29, 0.717) is 26.1 Å². The second-order valence-corrected chi connectivity index (χ2v) is 6.76. The van der Waals surface area contributed by atoms with Crippen LogP contribution in [0.4, 0.5) is 0 Å². The van der Waals surface area contributed by atoms with Crippen LogP contribution in [0.1, 0.15) is 39.9 Å². The van der Waals surface area contributed by atoms with Gasteiger partial charge in [-0.1, -0.05) is 6.92 Å². The van der Waals surface area contributed by atoms with Crippen LogP contribution in [0.5, 0.6) is 0 Å². The van der Waals surface area contributed by atoms with Gasteiger partial charge in [0.25, 0.3) is 0 Å². The fraction of sp³-hybridized carbons (Fsp3) is 0.688. The summed E-state index contributed by atoms with van der Waals surface area (Å²) in [5, 5.41) is 2.94. The molecule has 1 aromatic heterocycles. The van der Waals surface area contributed by atoms with Gasteiger partial charge in [0.2, 0.25) is 11.8 Å². The molecule has 0 aliphatic carbocycles. The molecule has 1 atom stereocenters. The van der Waals surface area contributed by atoms with Gasteiger partial charge in [-0.05, 0) is 20.8 Å². The molecule has 1 aliphatic heterocycles. The van der Waals surface area contributed by atoms with Crippen LogP contribution in [-0.2, 0) is 22.6 Å². The molecule has 2 heterocycles. The highest BCUT2D eigenvalue weighted by Gasteiger charge is 2.39. The smallest absolute Gasteiger partial charge is 0.225 e. The summed E-state index contributed by atoms with van der Waals surface area (Å²) in [5.74, 6) is 0.818. The zero-order valence-electron chi connectivity index (χ0n) is 13.9. The molecule has 0 radical (unpaired) electrons. The Morgan fingerprint density at radius 2 is 2.18 bits per heavy atom. The van der Waals surface area contributed by atoms with Gasteiger partial charge in [-0.15, -0.1) is 0 Å². The lowest BCUT2D eigenvalue weighted by molar-refractivity contribution is -0.132. The van der Waals surface area contributed by atoms with E-state index in [4.69, 9.17) is 0 Å². The molecule has 0 spiro atoms. The van der Waals surface area contributed by atoms with Crippen molar-refractivity contribution >= 4 is 11.8 Å². The van der Waals surface area contributed by atoms with E-state index in [1.165, 1.54) is 0 Å². The fourth-order valence-corrected chi connectivity index (χ4v) is 2.83. The summed E-state index contributed by atoms with van der Waals surface area (Å²) in [7, 11) is 0. The number of hydrogen-bond acceptors (Lipinski definition) is 3. The Bertz CT molecular complexity index is 545. The summed E-state index contributed by atoms with van der Waals surface area (Å²) in [6.45, 7) is 9.83. The number of aromatic nitrogens is 2. The summed E-state index contributed by atoms with van der Waals surface area (Å²) in [4.78, 5) is 30.3. The summed E-state index contributed by atoms with van der Waals surface area (Å²) < 4.78 is 2.04. The Morgan fingerprint density at radius 1 is 1.45 bits per heavy atom. The summed E-state index contributed by atoms with van der Waals surface area (Å²) in [6, 6.07) is 0. The average Bonchev–Trinajstić information content (AvgIpc) is 3.04. The zero-order chi connectivity index (χ0) is 16.3. The minimum absolute atomic E-state index is 0.0294. The molecule has 6 heteroatoms. The zero-order valence-corrected chi connectivity index (χ0v) is 13.9. The molecule has 1 aromatic rings. The lowest BCUT2D eigenvalue weighted by Crippen LogP contribution is -2.43. The Balaban J connectivity index is 1.82. The van der Waals surface area contributed by atoms with Gasteiger partial charge in [-0.25, -0.2) is 4.98 Å². The maximum Gasteiger partial charge on any atom is 0.225 e. The van der Waals surface area contributed by atoms with Crippen molar-refractivity contribution in [1.29, 1.82) is 0 Å². The lowest BCUT2D eigenvalue weighted by atomic mass is 10.1. The lowest BCUT2D eigenvalue weighted by Gasteiger charge is -2.31. The number of nitrogens with zero attached hydrogens (tertiary/aromatic N) is 3. The van der Waals surface area contributed by atoms with Crippen molar-refractivity contribution in [2.24, 2.45) is 5.92 Å². The van der Waals surface area contributed by atoms with Crippen molar-refractivity contribution < 1.29 is 9.59 Å². The van der Waals surface area contributed by atoms with Crippen LogP contribution >= 0.6 is 0 Å². The number of likely N-dealkylation sites (tertiary alicyclic amines) is 1. The van der Waals surface area contributed by atoms with Gasteiger partial charge < -0.3 is 14.8 Å². The van der Waals surface area contributed by atoms with Crippen molar-refractivity contribution in [2.75, 3.05) is 13.1 Å². The Labute approximate surface area is 131 Å². The van der Waals surface area contributed by atoms with E-state index in [9.17, 15) is 9.59 Å². The highest BCUT2D eigenvalue weighted by Crippen LogP contribution is 2.25. The second-order valence-electron chi connectivity index (χ2n) is 6.76. The molecule has 0 bridgehead atoms. The Hall–Kier alpha value is -1.85. The van der Waals surface area contributed by atoms with Crippen LogP contribution in [0.15, 0.2) is 12.4 Å². The normalized spacial score (nSPS) is 18.8. The standard InChI is InChI=1S/C16H26N4O2/c1-5-13-17-6-8-19(13)9-7-18-15(22)12-10-14(21)20(11-12)16(2,3)4/h6,8,12H,5,7,9-11H2,1-4H3,(H,18,22)/t12-/m1/s1. The third kappa shape index (κ3) is 3.67. The number of amides is 2. The minimum atomic E-state index is -0.236. The predicted molar refractivity (Wildman–Crippen MR) is 84.2 cm³/mol. The van der Waals surface area contributed by atoms with Crippen LogP contribution in [0.2, 0.25) is 0 Å². The van der Waals surface area contributed by atoms with Crippen LogP contribution in [0, 0.1) is 5.92 Å². The maximum absolute atomic E-state index is 12.2. The molecular weight excluding hydrogens is 280 g/mol. The van der Waals surface area contributed by atoms with Gasteiger partial charge in [-0.3, -0.25) is 9.59 Å². The molecule has 1 saturated heterocycles. The van der Waals surface area contributed by atoms with E-state index in [2.05, 4.69) is 17.2 Å². The largest absolute Gasteiger partial charge is 0.354 e. The highest BCUT2D eigenvalue weighted by molar-refractivity contribution is 5.89. The Morgan fingerprint density at radius 3 is 2.77 bits per heavy atom. The van der Waals surface area contributed by atoms with Gasteiger partial charge in [-0.2, -0.15) is 0 Å². The first-order valence-corrected chi connectivity index (χ1v) is 7.91. The number of carbonyl (C=O) groups excluding carboxylic acids is 2. The Kier molecular flexibility index (Phi) is 4.88. The molecule has 1 fully saturated rings. The summed E-state index contributed by atoms with van der Waals surface area (Å²) in [6.07, 6.45) is 4.88. The van der Waals surface area contributed by atoms with Gasteiger partial charge in [0, 0.05) is 50.4 Å². The molecule has 122 valence electrons. The van der Waals surface area contributed by atoms with Gasteiger partial charge in [0.05, 0.1) is 5.92 Å². The maximum atomic E-state index is 12.2. The first-order chi connectivity index (χ1) is 10.3. The number of hydrogen-bond donors (Lipinski definition) is 1. The first kappa shape index (κ1) is 16.5. The van der Waals surface area contributed by atoms with Gasteiger partial charge in [0.15, 0.2) is 0 Å². The van der Waals surface area contributed by atoms with Gasteiger partial charge in [0.1, 0.15) is 5.82 Å². The number of imidazole rings is 1. The minimum Gasteiger partial charge on any atom is -0.354 e. The van der Waals surface area contributed by atoms with Crippen molar-refractivity contribution in [2.45, 2.75) is 52.6 Å². The van der Waals surface area contributed by atoms with Gasteiger partial charge >= 0.3 is 0 Å². The quantitative estimate of drug-likeness (QED) is 0.889. The van der Waals surface area contributed by atoms with E-state index in [1.807, 2.05) is 31.5 Å². The second kappa shape index (κ2) is 6.50. The topological polar surface area (TPSA) is 67.2 Å². The molecule has 0 aromatic carbocycles. The van der Waals surface area contributed by atoms with E-state index in [1.54, 1.807) is 11.1 Å². The van der Waals surface area contributed by atoms with E-state index in [0.717, 1.165) is 12.2 Å². The van der Waals surface area contributed by atoms with Crippen LogP contribution in [0.3, 0.4) is 0 Å². The molecule has 1 aliphatic rings. The van der Waals surface area contributed by atoms with Crippen molar-refractivity contribution in [3.05, 3.63) is 18.2 Å². The monoisotopic (exact) mass is 306 g/mol. The average molecular weight is 306 g/mol. The number of rotatable bonds is 5. The molecule has 2 rings (SSSR count). The summed E-state index contributed by atoms with van der Waals surface area (Å²) >= 11 is 0. The highest BCUT2D eigenvalue weighted by atomic mass is 16.2. The molecule has 22 heavy (non-hydrogen) atoms. The SMILES string of the molecule is CCc1nccn1CCNC(=O)[C@@H]1CC(=O)N(C(C)(C)C)C1. The van der Waals surface area contributed by atoms with Crippen molar-refractivity contribution in [3.63, 3.8) is 0 Å². The molecule has 6 nitrogen and oxygen atoms in total. The summed E-state index contributed by atoms with van der Waals surface area (Å²) in [5.41, 5.74) is -0.223. The van der Waals surface area contributed by atoms with Crippen LogP contribution in [0.25, 0.3) is 0 Å². The molecule has 0 unspecified atom stereocenters. The predicted octanol–water partition coefficient (Wildman–Crippen LogP) is 1.21. The first-order valence-electron chi connectivity index (χ1n) is 7.91. The fourth-order valence-electron chi connectivity index (χ4n) is 2.83. The van der Waals surface area contributed by atoms with Crippen molar-refractivity contribution in [3.8, 4) is 0 Å². The third-order valence-corrected chi connectivity index (χ3v) is 4.08. The third-order valence-electron chi connectivity index (χ3n) is 4.08. The van der Waals surface area contributed by atoms with Crippen molar-refractivity contribution in [1.82, 2.24) is 19.8 Å². The van der Waals surface area contributed by atoms with Crippen LogP contribution in [-0.4, -0.2) is 44.9 Å². The van der Waals surface area contributed by atoms with E-state index >= 15 is 0 Å². The molecular formula is C16H26N4O2. The molecule has 1 N–H and O–H groups in total. The van der Waals surface area contributed by atoms with E-state index in [-0.39, 0.29) is 23.3 Å². The number of carbonyl (C=O) groups is 2.